The summed E-state index contributed by atoms with van der Waals surface area (Å²) >= 11 is 0. The number of benzene rings is 2. The molecule has 2 saturated heterocycles. The van der Waals surface area contributed by atoms with Crippen LogP contribution in [0.15, 0.2) is 48.5 Å². The number of imidazole rings is 1. The number of carbonyl (C=O) groups excluding carboxylic acids is 3. The van der Waals surface area contributed by atoms with Crippen molar-refractivity contribution in [1.82, 2.24) is 30.1 Å². The number of piperazine rings is 1. The second-order valence-corrected chi connectivity index (χ2v) is 10.7. The van der Waals surface area contributed by atoms with Crippen molar-refractivity contribution in [2.45, 2.75) is 44.8 Å². The number of aromatic nitrogens is 3. The molecule has 0 radical (unpaired) electrons. The molecule has 2 aromatic carbocycles. The van der Waals surface area contributed by atoms with Gasteiger partial charge in [-0.05, 0) is 55.2 Å². The van der Waals surface area contributed by atoms with E-state index in [1.165, 1.54) is 12.1 Å². The van der Waals surface area contributed by atoms with Gasteiger partial charge in [-0.2, -0.15) is 0 Å². The number of amides is 3. The predicted molar refractivity (Wildman–Crippen MR) is 140 cm³/mol. The third kappa shape index (κ3) is 4.29. The van der Waals surface area contributed by atoms with E-state index in [0.29, 0.717) is 42.7 Å². The van der Waals surface area contributed by atoms with E-state index in [1.807, 2.05) is 38.1 Å². The molecule has 2 fully saturated rings. The third-order valence-corrected chi connectivity index (χ3v) is 7.51. The SMILES string of the molecule is CC(C)C[C@H](NC(=O)c1cc2cc(F)ccc2[nH]1)C(=O)N1C[C@@H]2CC1CN2C(=O)c1nc2ccccc2[nH]1. The molecule has 3 atom stereocenters. The summed E-state index contributed by atoms with van der Waals surface area (Å²) in [4.78, 5) is 54.1. The highest BCUT2D eigenvalue weighted by Crippen LogP contribution is 2.33. The van der Waals surface area contributed by atoms with Crippen molar-refractivity contribution in [2.24, 2.45) is 5.92 Å². The quantitative estimate of drug-likeness (QED) is 0.364. The number of H-pyrrole nitrogens is 2. The summed E-state index contributed by atoms with van der Waals surface area (Å²) in [6.45, 7) is 4.86. The number of para-hydroxylation sites is 2. The molecule has 38 heavy (non-hydrogen) atoms. The van der Waals surface area contributed by atoms with E-state index in [4.69, 9.17) is 0 Å². The molecule has 2 aromatic heterocycles. The largest absolute Gasteiger partial charge is 0.351 e. The maximum absolute atomic E-state index is 13.6. The second-order valence-electron chi connectivity index (χ2n) is 10.7. The Bertz CT molecular complexity index is 1530. The van der Waals surface area contributed by atoms with Crippen molar-refractivity contribution in [3.05, 3.63) is 65.9 Å². The molecule has 2 aliphatic heterocycles. The van der Waals surface area contributed by atoms with E-state index in [1.54, 1.807) is 21.9 Å². The fraction of sp³-hybridized carbons (Fsp3) is 0.357. The number of nitrogens with zero attached hydrogens (tertiary/aromatic N) is 3. The lowest BCUT2D eigenvalue weighted by molar-refractivity contribution is -0.135. The highest BCUT2D eigenvalue weighted by atomic mass is 19.1. The van der Waals surface area contributed by atoms with Gasteiger partial charge in [0.25, 0.3) is 11.8 Å². The molecular weight excluding hydrogens is 487 g/mol. The molecule has 0 spiro atoms. The second kappa shape index (κ2) is 9.27. The lowest BCUT2D eigenvalue weighted by Gasteiger charge is -2.36. The van der Waals surface area contributed by atoms with Crippen LogP contribution in [0.1, 0.15) is 47.8 Å². The molecule has 2 bridgehead atoms. The van der Waals surface area contributed by atoms with E-state index in [0.717, 1.165) is 11.0 Å². The van der Waals surface area contributed by atoms with Crippen LogP contribution in [0.5, 0.6) is 0 Å². The number of hydrogen-bond donors (Lipinski definition) is 3. The zero-order chi connectivity index (χ0) is 26.6. The van der Waals surface area contributed by atoms with Crippen LogP contribution >= 0.6 is 0 Å². The van der Waals surface area contributed by atoms with Crippen LogP contribution in [0, 0.1) is 11.7 Å². The summed E-state index contributed by atoms with van der Waals surface area (Å²) in [5, 5.41) is 3.49. The van der Waals surface area contributed by atoms with E-state index in [-0.39, 0.29) is 41.3 Å². The summed E-state index contributed by atoms with van der Waals surface area (Å²) < 4.78 is 13.6. The van der Waals surface area contributed by atoms with Crippen molar-refractivity contribution in [1.29, 1.82) is 0 Å². The maximum Gasteiger partial charge on any atom is 0.290 e. The fourth-order valence-corrected chi connectivity index (χ4v) is 5.73. The number of aromatic amines is 2. The highest BCUT2D eigenvalue weighted by Gasteiger charge is 2.48. The highest BCUT2D eigenvalue weighted by molar-refractivity contribution is 6.00. The van der Waals surface area contributed by atoms with Crippen molar-refractivity contribution in [2.75, 3.05) is 13.1 Å². The Balaban J connectivity index is 1.15. The number of nitrogens with one attached hydrogen (secondary N) is 3. The number of rotatable bonds is 6. The standard InChI is InChI=1S/C28H29FN6O3/c1-15(2)9-24(33-26(36)23-11-16-10-17(29)7-8-20(16)30-23)27(37)34-13-19-12-18(34)14-35(19)28(38)25-31-21-5-3-4-6-22(21)32-25/h3-8,10-11,15,18-19,24,30H,9,12-14H2,1-2H3,(H,31,32)(H,33,36)/t18?,19-,24-/m0/s1. The number of fused-ring (bicyclic) bond motifs is 4. The first-order chi connectivity index (χ1) is 18.3. The van der Waals surface area contributed by atoms with Crippen LogP contribution in [-0.2, 0) is 4.79 Å². The van der Waals surface area contributed by atoms with Gasteiger partial charge < -0.3 is 25.1 Å². The van der Waals surface area contributed by atoms with E-state index < -0.39 is 11.9 Å². The van der Waals surface area contributed by atoms with E-state index in [9.17, 15) is 18.8 Å². The molecule has 10 heteroatoms. The molecule has 4 heterocycles. The summed E-state index contributed by atoms with van der Waals surface area (Å²) in [5.41, 5.74) is 2.47. The topological polar surface area (TPSA) is 114 Å². The number of hydrogen-bond acceptors (Lipinski definition) is 4. The van der Waals surface area contributed by atoms with Gasteiger partial charge in [-0.3, -0.25) is 14.4 Å². The molecular formula is C28H29FN6O3. The van der Waals surface area contributed by atoms with Crippen LogP contribution in [0.2, 0.25) is 0 Å². The Morgan fingerprint density at radius 2 is 1.79 bits per heavy atom. The Morgan fingerprint density at radius 3 is 2.53 bits per heavy atom. The Morgan fingerprint density at radius 1 is 1.03 bits per heavy atom. The molecule has 6 rings (SSSR count). The summed E-state index contributed by atoms with van der Waals surface area (Å²) in [5.74, 6) is -0.618. The van der Waals surface area contributed by atoms with Gasteiger partial charge in [-0.1, -0.05) is 26.0 Å². The number of carbonyl (C=O) groups is 3. The smallest absolute Gasteiger partial charge is 0.290 e. The molecule has 4 aromatic rings. The molecule has 2 aliphatic rings. The van der Waals surface area contributed by atoms with Gasteiger partial charge in [0.05, 0.1) is 23.1 Å². The van der Waals surface area contributed by atoms with E-state index >= 15 is 0 Å². The predicted octanol–water partition coefficient (Wildman–Crippen LogP) is 3.45. The van der Waals surface area contributed by atoms with E-state index in [2.05, 4.69) is 20.3 Å². The van der Waals surface area contributed by atoms with Gasteiger partial charge in [0.1, 0.15) is 17.6 Å². The zero-order valence-corrected chi connectivity index (χ0v) is 21.2. The minimum Gasteiger partial charge on any atom is -0.351 e. The normalized spacial score (nSPS) is 19.6. The number of halogens is 1. The molecule has 3 amide bonds. The molecule has 196 valence electrons. The zero-order valence-electron chi connectivity index (χ0n) is 21.2. The van der Waals surface area contributed by atoms with Gasteiger partial charge >= 0.3 is 0 Å². The van der Waals surface area contributed by atoms with Crippen LogP contribution < -0.4 is 5.32 Å². The fourth-order valence-electron chi connectivity index (χ4n) is 5.73. The summed E-state index contributed by atoms with van der Waals surface area (Å²) in [6, 6.07) is 12.5. The van der Waals surface area contributed by atoms with Gasteiger partial charge in [0.15, 0.2) is 5.82 Å². The van der Waals surface area contributed by atoms with Crippen molar-refractivity contribution < 1.29 is 18.8 Å². The molecule has 0 saturated carbocycles. The minimum atomic E-state index is -0.704. The van der Waals surface area contributed by atoms with Crippen molar-refractivity contribution in [3.63, 3.8) is 0 Å². The molecule has 9 nitrogen and oxygen atoms in total. The average molecular weight is 517 g/mol. The summed E-state index contributed by atoms with van der Waals surface area (Å²) in [7, 11) is 0. The van der Waals surface area contributed by atoms with Gasteiger partial charge in [-0.15, -0.1) is 0 Å². The maximum atomic E-state index is 13.6. The third-order valence-electron chi connectivity index (χ3n) is 7.51. The monoisotopic (exact) mass is 516 g/mol. The minimum absolute atomic E-state index is 0.0938. The van der Waals surface area contributed by atoms with Crippen molar-refractivity contribution in [3.8, 4) is 0 Å². The molecule has 3 N–H and O–H groups in total. The lowest BCUT2D eigenvalue weighted by Crippen LogP contribution is -2.56. The van der Waals surface area contributed by atoms with Crippen LogP contribution in [0.4, 0.5) is 4.39 Å². The van der Waals surface area contributed by atoms with Gasteiger partial charge in [0.2, 0.25) is 5.91 Å². The van der Waals surface area contributed by atoms with Crippen LogP contribution in [0.3, 0.4) is 0 Å². The Kier molecular flexibility index (Phi) is 5.89. The lowest BCUT2D eigenvalue weighted by atomic mass is 10.0. The first-order valence-corrected chi connectivity index (χ1v) is 12.9. The Labute approximate surface area is 218 Å². The van der Waals surface area contributed by atoms with Crippen LogP contribution in [-0.4, -0.2) is 73.7 Å². The molecule has 1 unspecified atom stereocenters. The number of likely N-dealkylation sites (tertiary alicyclic amines) is 2. The van der Waals surface area contributed by atoms with Gasteiger partial charge in [-0.25, -0.2) is 9.37 Å². The first-order valence-electron chi connectivity index (χ1n) is 12.9. The average Bonchev–Trinajstić information content (AvgIpc) is 3.68. The molecule has 0 aliphatic carbocycles. The Hall–Kier alpha value is -4.21. The summed E-state index contributed by atoms with van der Waals surface area (Å²) in [6.07, 6.45) is 1.18. The van der Waals surface area contributed by atoms with Crippen LogP contribution in [0.25, 0.3) is 21.9 Å². The first kappa shape index (κ1) is 24.1. The van der Waals surface area contributed by atoms with Gasteiger partial charge in [0, 0.05) is 24.0 Å². The van der Waals surface area contributed by atoms with Crippen molar-refractivity contribution >= 4 is 39.7 Å².